The third-order valence-electron chi connectivity index (χ3n) is 2.74. The number of nitrogens with two attached hydrogens (primary N) is 1. The number of pyridine rings is 1. The van der Waals surface area contributed by atoms with Gasteiger partial charge in [-0.15, -0.1) is 0 Å². The number of hydrogen-bond acceptors (Lipinski definition) is 2. The SMILES string of the molecule is CC(C)C(N)=NCc1cccc2cccnc12. The number of aromatic nitrogens is 1. The predicted octanol–water partition coefficient (Wildman–Crippen LogP) is 2.75. The van der Waals surface area contributed by atoms with Crippen LogP contribution < -0.4 is 5.73 Å². The van der Waals surface area contributed by atoms with E-state index in [9.17, 15) is 0 Å². The molecule has 0 saturated heterocycles. The third-order valence-corrected chi connectivity index (χ3v) is 2.74. The maximum absolute atomic E-state index is 5.84. The van der Waals surface area contributed by atoms with Gasteiger partial charge in [-0.3, -0.25) is 9.98 Å². The van der Waals surface area contributed by atoms with Crippen LogP contribution in [0.5, 0.6) is 0 Å². The van der Waals surface area contributed by atoms with Gasteiger partial charge in [0.2, 0.25) is 0 Å². The number of fused-ring (bicyclic) bond motifs is 1. The highest BCUT2D eigenvalue weighted by Crippen LogP contribution is 2.16. The lowest BCUT2D eigenvalue weighted by Crippen LogP contribution is -2.18. The molecule has 1 aromatic heterocycles. The van der Waals surface area contributed by atoms with Crippen molar-refractivity contribution in [3.63, 3.8) is 0 Å². The van der Waals surface area contributed by atoms with Gasteiger partial charge in [0.15, 0.2) is 0 Å². The van der Waals surface area contributed by atoms with E-state index in [0.717, 1.165) is 16.5 Å². The van der Waals surface area contributed by atoms with Crippen molar-refractivity contribution in [2.75, 3.05) is 0 Å². The molecule has 88 valence electrons. The van der Waals surface area contributed by atoms with E-state index < -0.39 is 0 Å². The van der Waals surface area contributed by atoms with Crippen molar-refractivity contribution in [3.8, 4) is 0 Å². The molecular weight excluding hydrogens is 210 g/mol. The number of amidine groups is 1. The average Bonchev–Trinajstić information content (AvgIpc) is 2.35. The number of rotatable bonds is 3. The van der Waals surface area contributed by atoms with Crippen LogP contribution in [-0.2, 0) is 6.54 Å². The maximum atomic E-state index is 5.84. The Hall–Kier alpha value is -1.90. The Balaban J connectivity index is 2.33. The van der Waals surface area contributed by atoms with Crippen molar-refractivity contribution in [1.82, 2.24) is 4.98 Å². The van der Waals surface area contributed by atoms with E-state index in [1.165, 1.54) is 0 Å². The van der Waals surface area contributed by atoms with E-state index in [2.05, 4.69) is 22.1 Å². The molecular formula is C14H17N3. The summed E-state index contributed by atoms with van der Waals surface area (Å²) in [6, 6.07) is 10.1. The summed E-state index contributed by atoms with van der Waals surface area (Å²) in [7, 11) is 0. The average molecular weight is 227 g/mol. The van der Waals surface area contributed by atoms with E-state index in [1.54, 1.807) is 6.20 Å². The highest BCUT2D eigenvalue weighted by molar-refractivity contribution is 5.84. The smallest absolute Gasteiger partial charge is 0.0966 e. The van der Waals surface area contributed by atoms with Crippen molar-refractivity contribution < 1.29 is 0 Å². The molecule has 0 bridgehead atoms. The molecule has 3 heteroatoms. The van der Waals surface area contributed by atoms with Crippen molar-refractivity contribution >= 4 is 16.7 Å². The van der Waals surface area contributed by atoms with Crippen LogP contribution in [0.15, 0.2) is 41.5 Å². The standard InChI is InChI=1S/C14H17N3/c1-10(2)14(15)17-9-12-6-3-5-11-7-4-8-16-13(11)12/h3-8,10H,9H2,1-2H3,(H2,15,17). The Labute approximate surface area is 101 Å². The number of benzene rings is 1. The van der Waals surface area contributed by atoms with Gasteiger partial charge >= 0.3 is 0 Å². The molecule has 3 nitrogen and oxygen atoms in total. The van der Waals surface area contributed by atoms with E-state index in [0.29, 0.717) is 12.4 Å². The minimum absolute atomic E-state index is 0.290. The highest BCUT2D eigenvalue weighted by atomic mass is 14.9. The summed E-state index contributed by atoms with van der Waals surface area (Å²) < 4.78 is 0. The third kappa shape index (κ3) is 2.61. The molecule has 2 aromatic rings. The van der Waals surface area contributed by atoms with Gasteiger partial charge in [-0.25, -0.2) is 0 Å². The molecule has 0 saturated carbocycles. The van der Waals surface area contributed by atoms with E-state index >= 15 is 0 Å². The Morgan fingerprint density at radius 2 is 2.06 bits per heavy atom. The van der Waals surface area contributed by atoms with Crippen molar-refractivity contribution in [3.05, 3.63) is 42.1 Å². The van der Waals surface area contributed by atoms with Crippen LogP contribution in [0.1, 0.15) is 19.4 Å². The predicted molar refractivity (Wildman–Crippen MR) is 71.9 cm³/mol. The Kier molecular flexibility index (Phi) is 3.38. The number of hydrogen-bond donors (Lipinski definition) is 1. The van der Waals surface area contributed by atoms with Crippen molar-refractivity contribution in [1.29, 1.82) is 0 Å². The highest BCUT2D eigenvalue weighted by Gasteiger charge is 2.02. The fourth-order valence-corrected chi connectivity index (χ4v) is 1.65. The quantitative estimate of drug-likeness (QED) is 0.647. The first kappa shape index (κ1) is 11.6. The second-order valence-corrected chi connectivity index (χ2v) is 4.39. The van der Waals surface area contributed by atoms with Crippen LogP contribution in [0.25, 0.3) is 10.9 Å². The molecule has 1 heterocycles. The molecule has 0 aliphatic carbocycles. The lowest BCUT2D eigenvalue weighted by Gasteiger charge is -2.06. The van der Waals surface area contributed by atoms with E-state index in [1.807, 2.05) is 32.0 Å². The lowest BCUT2D eigenvalue weighted by molar-refractivity contribution is 0.855. The second kappa shape index (κ2) is 4.95. The van der Waals surface area contributed by atoms with Gasteiger partial charge in [0.1, 0.15) is 0 Å². The van der Waals surface area contributed by atoms with Gasteiger partial charge in [-0.1, -0.05) is 38.1 Å². The van der Waals surface area contributed by atoms with Gasteiger partial charge in [0, 0.05) is 17.5 Å². The Morgan fingerprint density at radius 1 is 1.29 bits per heavy atom. The fraction of sp³-hybridized carbons (Fsp3) is 0.286. The largest absolute Gasteiger partial charge is 0.387 e. The summed E-state index contributed by atoms with van der Waals surface area (Å²) in [4.78, 5) is 8.79. The second-order valence-electron chi connectivity index (χ2n) is 4.39. The van der Waals surface area contributed by atoms with Crippen molar-refractivity contribution in [2.45, 2.75) is 20.4 Å². The molecule has 0 atom stereocenters. The minimum atomic E-state index is 0.290. The molecule has 1 aromatic carbocycles. The van der Waals surface area contributed by atoms with Crippen LogP contribution in [-0.4, -0.2) is 10.8 Å². The molecule has 0 aliphatic heterocycles. The molecule has 0 spiro atoms. The zero-order chi connectivity index (χ0) is 12.3. The number of para-hydroxylation sites is 1. The van der Waals surface area contributed by atoms with Gasteiger partial charge in [0.05, 0.1) is 17.9 Å². The minimum Gasteiger partial charge on any atom is -0.387 e. The van der Waals surface area contributed by atoms with Crippen molar-refractivity contribution in [2.24, 2.45) is 16.6 Å². The van der Waals surface area contributed by atoms with Gasteiger partial charge in [-0.2, -0.15) is 0 Å². The molecule has 2 rings (SSSR count). The molecule has 17 heavy (non-hydrogen) atoms. The summed E-state index contributed by atoms with van der Waals surface area (Å²) in [6.45, 7) is 4.68. The zero-order valence-corrected chi connectivity index (χ0v) is 10.2. The maximum Gasteiger partial charge on any atom is 0.0966 e. The summed E-state index contributed by atoms with van der Waals surface area (Å²) >= 11 is 0. The fourth-order valence-electron chi connectivity index (χ4n) is 1.65. The van der Waals surface area contributed by atoms with E-state index in [-0.39, 0.29) is 5.92 Å². The Morgan fingerprint density at radius 3 is 2.82 bits per heavy atom. The zero-order valence-electron chi connectivity index (χ0n) is 10.2. The molecule has 0 amide bonds. The van der Waals surface area contributed by atoms with Gasteiger partial charge < -0.3 is 5.73 Å². The molecule has 2 N–H and O–H groups in total. The summed E-state index contributed by atoms with van der Waals surface area (Å²) in [6.07, 6.45) is 1.81. The van der Waals surface area contributed by atoms with Gasteiger partial charge in [-0.05, 0) is 11.6 Å². The number of nitrogens with zero attached hydrogens (tertiary/aromatic N) is 2. The summed E-state index contributed by atoms with van der Waals surface area (Å²) in [5.74, 6) is 0.982. The monoisotopic (exact) mass is 227 g/mol. The first-order valence-electron chi connectivity index (χ1n) is 5.81. The molecule has 0 radical (unpaired) electrons. The van der Waals surface area contributed by atoms with Crippen LogP contribution in [0, 0.1) is 5.92 Å². The van der Waals surface area contributed by atoms with Crippen LogP contribution in [0.2, 0.25) is 0 Å². The van der Waals surface area contributed by atoms with E-state index in [4.69, 9.17) is 5.73 Å². The van der Waals surface area contributed by atoms with Crippen LogP contribution in [0.4, 0.5) is 0 Å². The molecule has 0 fully saturated rings. The first-order chi connectivity index (χ1) is 8.18. The summed E-state index contributed by atoms with van der Waals surface area (Å²) in [5.41, 5.74) is 7.96. The molecule has 0 unspecified atom stereocenters. The topological polar surface area (TPSA) is 51.3 Å². The number of aliphatic imine (C=N–C) groups is 1. The lowest BCUT2D eigenvalue weighted by atomic mass is 10.1. The van der Waals surface area contributed by atoms with Crippen LogP contribution in [0.3, 0.4) is 0 Å². The first-order valence-corrected chi connectivity index (χ1v) is 5.81. The van der Waals surface area contributed by atoms with Gasteiger partial charge in [0.25, 0.3) is 0 Å². The Bertz CT molecular complexity index is 539. The normalized spacial score (nSPS) is 12.3. The summed E-state index contributed by atoms with van der Waals surface area (Å²) in [5, 5.41) is 1.14. The molecule has 0 aliphatic rings. The van der Waals surface area contributed by atoms with Crippen LogP contribution >= 0.6 is 0 Å².